The van der Waals surface area contributed by atoms with Crippen LogP contribution in [0.25, 0.3) is 0 Å². The van der Waals surface area contributed by atoms with E-state index in [1.165, 1.54) is 6.20 Å². The Labute approximate surface area is 124 Å². The van der Waals surface area contributed by atoms with Crippen LogP contribution in [0.4, 0.5) is 11.5 Å². The minimum Gasteiger partial charge on any atom is -0.399 e. The van der Waals surface area contributed by atoms with E-state index >= 15 is 0 Å². The Morgan fingerprint density at radius 1 is 1.29 bits per heavy atom. The maximum absolute atomic E-state index is 11.1. The van der Waals surface area contributed by atoms with Gasteiger partial charge in [-0.2, -0.15) is 0 Å². The molecule has 0 saturated carbocycles. The summed E-state index contributed by atoms with van der Waals surface area (Å²) in [5.41, 5.74) is 13.3. The van der Waals surface area contributed by atoms with Gasteiger partial charge in [-0.05, 0) is 36.2 Å². The number of primary amides is 1. The van der Waals surface area contributed by atoms with Crippen LogP contribution in [0, 0.1) is 0 Å². The molecule has 5 heteroatoms. The highest BCUT2D eigenvalue weighted by Gasteiger charge is 2.09. The lowest BCUT2D eigenvalue weighted by atomic mass is 10.2. The summed E-state index contributed by atoms with van der Waals surface area (Å²) in [6.07, 6.45) is 2.52. The zero-order valence-electron chi connectivity index (χ0n) is 12.1. The van der Waals surface area contributed by atoms with Gasteiger partial charge in [0.25, 0.3) is 0 Å². The van der Waals surface area contributed by atoms with Crippen molar-refractivity contribution in [2.24, 2.45) is 5.73 Å². The number of aromatic nitrogens is 1. The van der Waals surface area contributed by atoms with Gasteiger partial charge < -0.3 is 16.4 Å². The van der Waals surface area contributed by atoms with Gasteiger partial charge in [0.1, 0.15) is 5.82 Å². The van der Waals surface area contributed by atoms with Gasteiger partial charge in [-0.15, -0.1) is 0 Å². The fraction of sp³-hybridized carbons (Fsp3) is 0.250. The predicted molar refractivity (Wildman–Crippen MR) is 85.0 cm³/mol. The van der Waals surface area contributed by atoms with E-state index in [2.05, 4.69) is 16.8 Å². The summed E-state index contributed by atoms with van der Waals surface area (Å²) in [5.74, 6) is 0.358. The lowest BCUT2D eigenvalue weighted by Crippen LogP contribution is -2.24. The van der Waals surface area contributed by atoms with Crippen molar-refractivity contribution < 1.29 is 4.79 Å². The normalized spacial score (nSPS) is 10.3. The third-order valence-electron chi connectivity index (χ3n) is 3.17. The second-order valence-corrected chi connectivity index (χ2v) is 4.94. The van der Waals surface area contributed by atoms with E-state index in [0.717, 1.165) is 36.6 Å². The number of nitrogens with zero attached hydrogens (tertiary/aromatic N) is 2. The minimum atomic E-state index is -0.466. The van der Waals surface area contributed by atoms with Gasteiger partial charge >= 0.3 is 0 Å². The fourth-order valence-electron chi connectivity index (χ4n) is 2.18. The van der Waals surface area contributed by atoms with E-state index < -0.39 is 5.91 Å². The Morgan fingerprint density at radius 3 is 2.67 bits per heavy atom. The molecule has 0 unspecified atom stereocenters. The van der Waals surface area contributed by atoms with Gasteiger partial charge in [0.05, 0.1) is 5.56 Å². The van der Waals surface area contributed by atoms with Gasteiger partial charge in [-0.1, -0.05) is 19.1 Å². The van der Waals surface area contributed by atoms with Crippen molar-refractivity contribution in [1.82, 2.24) is 4.98 Å². The first-order chi connectivity index (χ1) is 10.1. The number of pyridine rings is 1. The molecule has 1 aromatic carbocycles. The number of nitrogen functional groups attached to an aromatic ring is 1. The zero-order valence-corrected chi connectivity index (χ0v) is 12.1. The van der Waals surface area contributed by atoms with E-state index in [0.29, 0.717) is 5.56 Å². The molecule has 2 rings (SSSR count). The highest BCUT2D eigenvalue weighted by atomic mass is 16.1. The third kappa shape index (κ3) is 3.95. The van der Waals surface area contributed by atoms with Gasteiger partial charge in [0.2, 0.25) is 5.91 Å². The van der Waals surface area contributed by atoms with Crippen molar-refractivity contribution in [2.75, 3.05) is 17.2 Å². The van der Waals surface area contributed by atoms with E-state index in [-0.39, 0.29) is 0 Å². The molecular formula is C16H20N4O. The Kier molecular flexibility index (Phi) is 4.77. The molecule has 4 N–H and O–H groups in total. The molecule has 0 radical (unpaired) electrons. The van der Waals surface area contributed by atoms with Crippen LogP contribution in [0.15, 0.2) is 42.6 Å². The number of anilines is 2. The van der Waals surface area contributed by atoms with Crippen molar-refractivity contribution >= 4 is 17.4 Å². The number of nitrogens with two attached hydrogens (primary N) is 2. The smallest absolute Gasteiger partial charge is 0.250 e. The van der Waals surface area contributed by atoms with Crippen LogP contribution in [0.2, 0.25) is 0 Å². The molecule has 1 heterocycles. The molecule has 5 nitrogen and oxygen atoms in total. The van der Waals surface area contributed by atoms with Crippen LogP contribution < -0.4 is 16.4 Å². The second kappa shape index (κ2) is 6.74. The lowest BCUT2D eigenvalue weighted by Gasteiger charge is -2.23. The molecule has 0 aliphatic heterocycles. The summed E-state index contributed by atoms with van der Waals surface area (Å²) in [6, 6.07) is 11.3. The summed E-state index contributed by atoms with van der Waals surface area (Å²) in [6.45, 7) is 3.71. The van der Waals surface area contributed by atoms with Crippen LogP contribution in [0.1, 0.15) is 29.3 Å². The molecule has 2 aromatic rings. The molecule has 0 saturated heterocycles. The highest BCUT2D eigenvalue weighted by molar-refractivity contribution is 5.92. The number of hydrogen-bond donors (Lipinski definition) is 2. The van der Waals surface area contributed by atoms with E-state index in [9.17, 15) is 4.79 Å². The molecule has 21 heavy (non-hydrogen) atoms. The minimum absolute atomic E-state index is 0.416. The predicted octanol–water partition coefficient (Wildman–Crippen LogP) is 2.18. The first kappa shape index (κ1) is 14.8. The highest BCUT2D eigenvalue weighted by Crippen LogP contribution is 2.17. The van der Waals surface area contributed by atoms with Crippen molar-refractivity contribution in [3.63, 3.8) is 0 Å². The Bertz CT molecular complexity index is 610. The first-order valence-corrected chi connectivity index (χ1v) is 6.95. The van der Waals surface area contributed by atoms with Crippen LogP contribution >= 0.6 is 0 Å². The standard InChI is InChI=1S/C16H20N4O/c1-2-8-20(11-12-4-3-5-14(17)9-12)15-7-6-13(10-19-15)16(18)21/h3-7,9-10H,2,8,11,17H2,1H3,(H2,18,21). The molecule has 0 atom stereocenters. The van der Waals surface area contributed by atoms with Crippen molar-refractivity contribution in [3.05, 3.63) is 53.7 Å². The van der Waals surface area contributed by atoms with Crippen LogP contribution in [-0.4, -0.2) is 17.4 Å². The van der Waals surface area contributed by atoms with Crippen LogP contribution in [0.3, 0.4) is 0 Å². The SMILES string of the molecule is CCCN(Cc1cccc(N)c1)c1ccc(C(N)=O)cn1. The molecule has 1 aromatic heterocycles. The van der Waals surface area contributed by atoms with E-state index in [4.69, 9.17) is 11.5 Å². The summed E-state index contributed by atoms with van der Waals surface area (Å²) in [4.78, 5) is 17.6. The Morgan fingerprint density at radius 2 is 2.10 bits per heavy atom. The maximum atomic E-state index is 11.1. The summed E-state index contributed by atoms with van der Waals surface area (Å²) in [5, 5.41) is 0. The van der Waals surface area contributed by atoms with Crippen molar-refractivity contribution in [3.8, 4) is 0 Å². The monoisotopic (exact) mass is 284 g/mol. The average molecular weight is 284 g/mol. The van der Waals surface area contributed by atoms with Crippen molar-refractivity contribution in [2.45, 2.75) is 19.9 Å². The molecule has 1 amide bonds. The number of carbonyl (C=O) groups excluding carboxylic acids is 1. The first-order valence-electron chi connectivity index (χ1n) is 6.95. The fourth-order valence-corrected chi connectivity index (χ4v) is 2.18. The quantitative estimate of drug-likeness (QED) is 0.796. The molecule has 0 aliphatic rings. The van der Waals surface area contributed by atoms with E-state index in [1.807, 2.05) is 30.3 Å². The Hall–Kier alpha value is -2.56. The number of carbonyl (C=O) groups is 1. The summed E-state index contributed by atoms with van der Waals surface area (Å²) >= 11 is 0. The zero-order chi connectivity index (χ0) is 15.2. The third-order valence-corrected chi connectivity index (χ3v) is 3.17. The summed E-state index contributed by atoms with van der Waals surface area (Å²) < 4.78 is 0. The van der Waals surface area contributed by atoms with Gasteiger partial charge in [-0.25, -0.2) is 4.98 Å². The summed E-state index contributed by atoms with van der Waals surface area (Å²) in [7, 11) is 0. The van der Waals surface area contributed by atoms with Crippen LogP contribution in [-0.2, 0) is 6.54 Å². The molecule has 110 valence electrons. The van der Waals surface area contributed by atoms with Gasteiger partial charge in [0, 0.05) is 25.0 Å². The maximum Gasteiger partial charge on any atom is 0.250 e. The average Bonchev–Trinajstić information content (AvgIpc) is 2.47. The number of hydrogen-bond acceptors (Lipinski definition) is 4. The van der Waals surface area contributed by atoms with Gasteiger partial charge in [0.15, 0.2) is 0 Å². The molecular weight excluding hydrogens is 264 g/mol. The van der Waals surface area contributed by atoms with Crippen molar-refractivity contribution in [1.29, 1.82) is 0 Å². The molecule has 0 fully saturated rings. The molecule has 0 spiro atoms. The molecule has 0 bridgehead atoms. The van der Waals surface area contributed by atoms with Gasteiger partial charge in [-0.3, -0.25) is 4.79 Å². The lowest BCUT2D eigenvalue weighted by molar-refractivity contribution is 0.1000. The topological polar surface area (TPSA) is 85.2 Å². The largest absolute Gasteiger partial charge is 0.399 e. The molecule has 0 aliphatic carbocycles. The van der Waals surface area contributed by atoms with E-state index in [1.54, 1.807) is 6.07 Å². The van der Waals surface area contributed by atoms with Crippen LogP contribution in [0.5, 0.6) is 0 Å². The number of benzene rings is 1. The number of amides is 1. The Balaban J connectivity index is 2.20. The second-order valence-electron chi connectivity index (χ2n) is 4.94. The number of rotatable bonds is 6.